The molecule has 770 valence electrons. The number of nitrogens with one attached hydrogen (secondary N) is 1. The Labute approximate surface area is 919 Å². The smallest absolute Gasteiger partial charge is 0.410 e. The van der Waals surface area contributed by atoms with Crippen molar-refractivity contribution in [1.82, 2.24) is 38.6 Å². The van der Waals surface area contributed by atoms with Gasteiger partial charge in [-0.2, -0.15) is 17.5 Å². The summed E-state index contributed by atoms with van der Waals surface area (Å²) in [6.45, 7) is 47.2. The summed E-state index contributed by atoms with van der Waals surface area (Å²) in [5, 5.41) is 31.6. The van der Waals surface area contributed by atoms with Crippen LogP contribution in [0.4, 0.5) is 0 Å². The van der Waals surface area contributed by atoms with Crippen molar-refractivity contribution in [3.05, 3.63) is 507 Å². The Morgan fingerprint density at radius 3 is 1.16 bits per heavy atom. The van der Waals surface area contributed by atoms with Crippen LogP contribution in [-0.4, -0.2) is 84.2 Å². The fourth-order valence-corrected chi connectivity index (χ4v) is 20.1. The molecule has 14 nitrogen and oxygen atoms in total. The largest absolute Gasteiger partial charge is 1.00 e. The summed E-state index contributed by atoms with van der Waals surface area (Å²) in [7, 11) is -5.04. The number of aromatic nitrogens is 8. The van der Waals surface area contributed by atoms with Gasteiger partial charge in [0.25, 0.3) is 0 Å². The van der Waals surface area contributed by atoms with Crippen molar-refractivity contribution in [3.8, 4) is 33.8 Å². The fourth-order valence-electron chi connectivity index (χ4n) is 16.5. The van der Waals surface area contributed by atoms with E-state index in [9.17, 15) is 15.0 Å². The second kappa shape index (κ2) is 56.0. The van der Waals surface area contributed by atoms with Gasteiger partial charge >= 0.3 is 18.9 Å². The summed E-state index contributed by atoms with van der Waals surface area (Å²) < 4.78 is 21.8. The van der Waals surface area contributed by atoms with Crippen molar-refractivity contribution in [3.63, 3.8) is 0 Å². The average Bonchev–Trinajstić information content (AvgIpc) is 1.41. The van der Waals surface area contributed by atoms with Crippen molar-refractivity contribution < 1.29 is 47.8 Å². The van der Waals surface area contributed by atoms with Crippen LogP contribution < -0.4 is 18.9 Å². The molecule has 6 atom stereocenters. The molecule has 6 unspecified atom stereocenters. The molecule has 17 aromatic rings. The molecule has 21 heteroatoms. The van der Waals surface area contributed by atoms with Crippen LogP contribution in [0.3, 0.4) is 0 Å². The van der Waals surface area contributed by atoms with E-state index in [0.717, 1.165) is 111 Å². The van der Waals surface area contributed by atoms with E-state index in [4.69, 9.17) is 35.0 Å². The van der Waals surface area contributed by atoms with Gasteiger partial charge in [0.2, 0.25) is 0 Å². The molecule has 13 aromatic carbocycles. The van der Waals surface area contributed by atoms with Gasteiger partial charge in [-0.15, -0.1) is 0 Å². The number of aliphatic hydroxyl groups excluding tert-OH is 3. The topological polar surface area (TPSA) is 178 Å². The summed E-state index contributed by atoms with van der Waals surface area (Å²) in [5.41, 5.74) is 20.1. The van der Waals surface area contributed by atoms with Gasteiger partial charge in [0.1, 0.15) is 17.2 Å². The third-order valence-electron chi connectivity index (χ3n) is 27.6. The van der Waals surface area contributed by atoms with E-state index in [1.165, 1.54) is 28.7 Å². The number of hydrogen-bond acceptors (Lipinski definition) is 10. The van der Waals surface area contributed by atoms with Crippen LogP contribution in [0.2, 0.25) is 54.4 Å². The number of nitrogens with zero attached hydrogens (tertiary/aromatic N) is 7. The maximum Gasteiger partial charge on any atom is 1.00 e. The zero-order valence-electron chi connectivity index (χ0n) is 88.7. The average molecular weight is 2170 g/mol. The number of halogens is 3. The minimum atomic E-state index is -1.97. The number of aliphatic hydroxyl groups is 3. The molecular formula is C127H152Br2ClLiN8O6Si3. The first kappa shape index (κ1) is 122. The van der Waals surface area contributed by atoms with Crippen molar-refractivity contribution in [1.29, 1.82) is 0 Å². The van der Waals surface area contributed by atoms with E-state index in [1.54, 1.807) is 32.6 Å². The van der Waals surface area contributed by atoms with Gasteiger partial charge in [-0.05, 0) is 171 Å². The SMILES string of the molecule is C.C.CC(C)(C)[Si](C)(C)Cl.CC(O)c1cccc(Br)c1.CC(O)c1cccc(C2c3ccccc3-c3cncn32)c1.CC(O[Si](C)(C)C(C)(C)C)c1cccc(Br)c1.CC(O[Si](C)(C)C(C)(C)C)c1cccc(C(O)c2ccccc2-c2cn(C(c3ccccc3)(c3ccccc3)c3ccccc3)cn2)c1.O=Cc1ccccc1-c1cn(C(c2ccccc2)(c2ccccc2)c2ccccc2)cn1.[CH2-]CCC.[Li+].c1c[nH]cn1. The second-order valence-corrected chi connectivity index (χ2v) is 59.6. The van der Waals surface area contributed by atoms with Gasteiger partial charge < -0.3 is 49.8 Å². The van der Waals surface area contributed by atoms with Crippen LogP contribution >= 0.6 is 42.9 Å². The zero-order valence-corrected chi connectivity index (χ0v) is 95.6. The number of carbonyl (C=O) groups excluding carboxylic acids is 1. The summed E-state index contributed by atoms with van der Waals surface area (Å²) >= 11 is 13.0. The molecule has 1 aliphatic rings. The number of hydrogen-bond donors (Lipinski definition) is 4. The van der Waals surface area contributed by atoms with Crippen LogP contribution in [0.15, 0.2) is 417 Å². The van der Waals surface area contributed by atoms with Gasteiger partial charge in [0.05, 0.1) is 79.0 Å². The van der Waals surface area contributed by atoms with Crippen molar-refractivity contribution in [2.45, 2.75) is 227 Å². The first-order valence-electron chi connectivity index (χ1n) is 49.8. The second-order valence-electron chi connectivity index (χ2n) is 41.0. The maximum absolute atomic E-state index is 11.9. The molecule has 5 heterocycles. The van der Waals surface area contributed by atoms with E-state index in [-0.39, 0.29) is 68.1 Å². The fraction of sp³-hybridized carbons (Fsp3) is 0.276. The van der Waals surface area contributed by atoms with E-state index < -0.39 is 47.3 Å². The Morgan fingerprint density at radius 2 is 0.791 bits per heavy atom. The molecule has 1 aliphatic heterocycles. The van der Waals surface area contributed by atoms with Crippen LogP contribution in [0.5, 0.6) is 0 Å². The van der Waals surface area contributed by atoms with Crippen LogP contribution in [0.1, 0.15) is 249 Å². The quantitative estimate of drug-likeness (QED) is 0.0158. The molecule has 0 saturated carbocycles. The number of aromatic amines is 1. The van der Waals surface area contributed by atoms with Crippen LogP contribution in [0.25, 0.3) is 33.8 Å². The number of carbonyl (C=O) groups is 1. The van der Waals surface area contributed by atoms with Gasteiger partial charge in [-0.25, -0.2) is 19.9 Å². The molecule has 0 spiro atoms. The number of unbranched alkanes of at least 4 members (excludes halogenated alkanes) is 1. The Kier molecular flexibility index (Phi) is 46.1. The van der Waals surface area contributed by atoms with Gasteiger partial charge in [0.15, 0.2) is 30.3 Å². The normalized spacial score (nSPS) is 13.1. The Balaban J connectivity index is 0.000000230. The number of aldehydes is 1. The minimum Gasteiger partial charge on any atom is -0.410 e. The summed E-state index contributed by atoms with van der Waals surface area (Å²) in [6.07, 6.45) is 18.4. The summed E-state index contributed by atoms with van der Waals surface area (Å²) in [5.74, 6) is 0. The third-order valence-corrected chi connectivity index (χ3v) is 43.0. The van der Waals surface area contributed by atoms with Crippen LogP contribution in [0, 0.1) is 6.92 Å². The molecule has 0 radical (unpaired) electrons. The number of imidazole rings is 4. The Hall–Kier alpha value is -11.3. The minimum absolute atomic E-state index is 0. The zero-order chi connectivity index (χ0) is 105. The van der Waals surface area contributed by atoms with Crippen molar-refractivity contribution in [2.75, 3.05) is 0 Å². The molecule has 4 aromatic heterocycles. The molecule has 18 rings (SSSR count). The van der Waals surface area contributed by atoms with Gasteiger partial charge in [0, 0.05) is 56.0 Å². The van der Waals surface area contributed by atoms with Gasteiger partial charge in [-0.1, -0.05) is 463 Å². The standard InChI is InChI=1S/C43H46N2O2Si.C29H22N2O.C18H16N2O.C14H23BrOSi.C8H9BrO.C6H15ClSi.C4H9.C3H4N2.2CH4.Li/c1-32(47-48(5,6)42(2,3)4)33-19-18-20-34(29-33)41(46)39-28-17-16-27-38(39)40-30-45(31-44-40)43(35-21-10-7-11-22-35,36-23-12-8-13-24-36)37-25-14-9-15-26-37;32-21-23-12-10-11-19-27(23)28-20-31(22-30-28)29(24-13-4-1-5-14-24,25-15-6-2-7-16-25)26-17-8-3-9-18-26;1-12(21)13-5-4-6-14(9-13)18-16-8-3-2-7-15(16)17-10-19-11-20(17)18;1-11(12-8-7-9-13(15)10-12)16-17(5,6)14(2,3)4;1-6(10)7-3-2-4-8(9)5-7;1-6(2,3)8(4,5)7;1-3-4-2;1-2-5-3-4-1;;;/h7-32,41,46H,1-6H3;1-22H;2-12,18,21H,1H3;7-11H,1-6H3;2-6,10H,1H3;1-5H3;1,3-4H2,2H3;1-3H,(H,4,5);2*1H4;/q;;;;;;-1;;;;+1. The van der Waals surface area contributed by atoms with Crippen molar-refractivity contribution in [2.24, 2.45) is 0 Å². The number of fused-ring (bicyclic) bond motifs is 3. The van der Waals surface area contributed by atoms with E-state index in [1.807, 2.05) is 153 Å². The molecular weight excluding hydrogens is 2020 g/mol. The first-order chi connectivity index (χ1) is 69.1. The molecule has 148 heavy (non-hydrogen) atoms. The molecule has 0 saturated heterocycles. The molecule has 0 amide bonds. The van der Waals surface area contributed by atoms with Crippen molar-refractivity contribution >= 4 is 73.2 Å². The molecule has 0 fully saturated rings. The predicted octanol–water partition coefficient (Wildman–Crippen LogP) is 31.9. The summed E-state index contributed by atoms with van der Waals surface area (Å²) in [4.78, 5) is 32.1. The number of benzene rings is 13. The predicted molar refractivity (Wildman–Crippen MR) is 630 cm³/mol. The molecule has 4 N–H and O–H groups in total. The molecule has 0 bridgehead atoms. The number of H-pyrrole nitrogens is 1. The monoisotopic (exact) mass is 2170 g/mol. The first-order valence-corrected chi connectivity index (χ1v) is 61.2. The summed E-state index contributed by atoms with van der Waals surface area (Å²) in [6, 6.07) is 120. The Morgan fingerprint density at radius 1 is 0.439 bits per heavy atom. The number of rotatable bonds is 23. The maximum atomic E-state index is 11.9. The van der Waals surface area contributed by atoms with Crippen LogP contribution in [-0.2, 0) is 19.9 Å². The Bertz CT molecular complexity index is 6580. The van der Waals surface area contributed by atoms with E-state index in [0.29, 0.717) is 10.6 Å². The van der Waals surface area contributed by atoms with E-state index >= 15 is 0 Å². The molecule has 0 aliphatic carbocycles. The van der Waals surface area contributed by atoms with Gasteiger partial charge in [-0.3, -0.25) is 4.79 Å². The third kappa shape index (κ3) is 31.0. The van der Waals surface area contributed by atoms with E-state index in [2.05, 4.69) is 427 Å².